The molecule has 1 aromatic carbocycles. The van der Waals surface area contributed by atoms with Crippen LogP contribution in [0.2, 0.25) is 5.02 Å². The average Bonchev–Trinajstić information content (AvgIpc) is 2.61. The van der Waals surface area contributed by atoms with Crippen LogP contribution in [0.4, 0.5) is 5.69 Å². The predicted octanol–water partition coefficient (Wildman–Crippen LogP) is 2.71. The number of benzene rings is 1. The van der Waals surface area contributed by atoms with E-state index in [2.05, 4.69) is 0 Å². The third-order valence-corrected chi connectivity index (χ3v) is 3.86. The van der Waals surface area contributed by atoms with Gasteiger partial charge in [-0.05, 0) is 25.5 Å². The molecule has 0 unspecified atom stereocenters. The number of aromatic nitrogens is 1. The smallest absolute Gasteiger partial charge is 0.338 e. The summed E-state index contributed by atoms with van der Waals surface area (Å²) in [5, 5.41) is 10.5. The van der Waals surface area contributed by atoms with E-state index in [4.69, 9.17) is 11.6 Å². The van der Waals surface area contributed by atoms with Crippen molar-refractivity contribution in [3.63, 3.8) is 0 Å². The standard InChI is InChI=1S/C14H15ClN2O3/c1-7-9(15)5-10-12(13(7)16(3)4)11(14(19)20)8(2)17(10)6-18/h5-6H,1-4H3,(H,19,20). The van der Waals surface area contributed by atoms with Crippen molar-refractivity contribution in [2.75, 3.05) is 19.0 Å². The summed E-state index contributed by atoms with van der Waals surface area (Å²) in [5.74, 6) is -1.06. The van der Waals surface area contributed by atoms with Crippen LogP contribution >= 0.6 is 11.6 Å². The fourth-order valence-corrected chi connectivity index (χ4v) is 2.79. The highest BCUT2D eigenvalue weighted by molar-refractivity contribution is 6.33. The molecule has 0 saturated carbocycles. The van der Waals surface area contributed by atoms with Crippen LogP contribution in [-0.4, -0.2) is 36.1 Å². The van der Waals surface area contributed by atoms with Crippen molar-refractivity contribution in [3.8, 4) is 0 Å². The molecule has 6 heteroatoms. The number of fused-ring (bicyclic) bond motifs is 1. The van der Waals surface area contributed by atoms with Crippen LogP contribution in [0.25, 0.3) is 10.9 Å². The Morgan fingerprint density at radius 3 is 2.45 bits per heavy atom. The number of nitrogens with zero attached hydrogens (tertiary/aromatic N) is 2. The van der Waals surface area contributed by atoms with Gasteiger partial charge in [0.05, 0.1) is 16.8 Å². The van der Waals surface area contributed by atoms with Crippen molar-refractivity contribution in [2.24, 2.45) is 0 Å². The number of aromatic carboxylic acids is 1. The molecule has 0 aliphatic rings. The maximum atomic E-state index is 11.6. The first-order chi connectivity index (χ1) is 9.31. The van der Waals surface area contributed by atoms with Crippen LogP contribution in [0.15, 0.2) is 6.07 Å². The second-order valence-electron chi connectivity index (χ2n) is 4.86. The van der Waals surface area contributed by atoms with Crippen LogP contribution in [0.1, 0.15) is 21.6 Å². The minimum atomic E-state index is -1.06. The summed E-state index contributed by atoms with van der Waals surface area (Å²) in [4.78, 5) is 24.6. The van der Waals surface area contributed by atoms with Crippen LogP contribution in [0.3, 0.4) is 0 Å². The van der Waals surface area contributed by atoms with E-state index in [-0.39, 0.29) is 5.56 Å². The summed E-state index contributed by atoms with van der Waals surface area (Å²) in [7, 11) is 3.63. The fourth-order valence-electron chi connectivity index (χ4n) is 2.60. The predicted molar refractivity (Wildman–Crippen MR) is 79.9 cm³/mol. The Bertz CT molecular complexity index is 732. The van der Waals surface area contributed by atoms with Crippen molar-refractivity contribution >= 4 is 40.6 Å². The van der Waals surface area contributed by atoms with E-state index in [9.17, 15) is 14.7 Å². The fraction of sp³-hybridized carbons (Fsp3) is 0.286. The number of halogens is 1. The topological polar surface area (TPSA) is 62.5 Å². The zero-order valence-electron chi connectivity index (χ0n) is 11.7. The first kappa shape index (κ1) is 14.4. The number of rotatable bonds is 3. The molecular formula is C14H15ClN2O3. The van der Waals surface area contributed by atoms with Crippen molar-refractivity contribution in [1.82, 2.24) is 4.57 Å². The monoisotopic (exact) mass is 294 g/mol. The number of hydrogen-bond donors (Lipinski definition) is 1. The minimum Gasteiger partial charge on any atom is -0.478 e. The highest BCUT2D eigenvalue weighted by atomic mass is 35.5. The van der Waals surface area contributed by atoms with Gasteiger partial charge in [0, 0.05) is 30.2 Å². The van der Waals surface area contributed by atoms with E-state index >= 15 is 0 Å². The molecule has 20 heavy (non-hydrogen) atoms. The Morgan fingerprint density at radius 1 is 1.40 bits per heavy atom. The van der Waals surface area contributed by atoms with Gasteiger partial charge in [0.1, 0.15) is 0 Å². The molecule has 0 atom stereocenters. The quantitative estimate of drug-likeness (QED) is 0.884. The molecule has 0 amide bonds. The maximum Gasteiger partial charge on any atom is 0.338 e. The highest BCUT2D eigenvalue weighted by Gasteiger charge is 2.24. The minimum absolute atomic E-state index is 0.135. The van der Waals surface area contributed by atoms with Gasteiger partial charge < -0.3 is 10.0 Å². The van der Waals surface area contributed by atoms with Crippen molar-refractivity contribution in [1.29, 1.82) is 0 Å². The number of carbonyl (C=O) groups is 2. The largest absolute Gasteiger partial charge is 0.478 e. The Hall–Kier alpha value is -2.01. The molecule has 0 bridgehead atoms. The molecule has 0 aliphatic carbocycles. The number of carbonyl (C=O) groups excluding carboxylic acids is 1. The summed E-state index contributed by atoms with van der Waals surface area (Å²) >= 11 is 6.20. The molecule has 1 N–H and O–H groups in total. The third kappa shape index (κ3) is 1.86. The van der Waals surface area contributed by atoms with Gasteiger partial charge in [0.25, 0.3) is 0 Å². The van der Waals surface area contributed by atoms with Gasteiger partial charge in [-0.3, -0.25) is 9.36 Å². The van der Waals surface area contributed by atoms with Gasteiger partial charge in [0.2, 0.25) is 6.41 Å². The van der Waals surface area contributed by atoms with Gasteiger partial charge in [-0.2, -0.15) is 0 Å². The van der Waals surface area contributed by atoms with Crippen LogP contribution in [-0.2, 0) is 4.79 Å². The lowest BCUT2D eigenvalue weighted by molar-refractivity contribution is 0.0698. The third-order valence-electron chi connectivity index (χ3n) is 3.47. The molecule has 5 nitrogen and oxygen atoms in total. The van der Waals surface area contributed by atoms with Gasteiger partial charge in [-0.25, -0.2) is 4.79 Å². The van der Waals surface area contributed by atoms with Gasteiger partial charge in [-0.15, -0.1) is 0 Å². The molecule has 2 rings (SSSR count). The van der Waals surface area contributed by atoms with Crippen LogP contribution < -0.4 is 4.90 Å². The van der Waals surface area contributed by atoms with Crippen LogP contribution in [0.5, 0.6) is 0 Å². The van der Waals surface area contributed by atoms with Crippen molar-refractivity contribution < 1.29 is 14.7 Å². The summed E-state index contributed by atoms with van der Waals surface area (Å²) in [6.45, 7) is 3.44. The van der Waals surface area contributed by atoms with Crippen molar-refractivity contribution in [3.05, 3.63) is 27.9 Å². The second kappa shape index (κ2) is 4.83. The molecule has 106 valence electrons. The normalized spacial score (nSPS) is 10.8. The summed E-state index contributed by atoms with van der Waals surface area (Å²) < 4.78 is 1.32. The lowest BCUT2D eigenvalue weighted by Gasteiger charge is -2.18. The molecule has 2 aromatic rings. The Balaban J connectivity index is 3.14. The molecule has 0 radical (unpaired) electrons. The van der Waals surface area contributed by atoms with Gasteiger partial charge in [0.15, 0.2) is 0 Å². The SMILES string of the molecule is Cc1c(Cl)cc2c(c(C(=O)O)c(C)n2C=O)c1N(C)C. The maximum absolute atomic E-state index is 11.6. The zero-order chi connectivity index (χ0) is 15.2. The Morgan fingerprint density at radius 2 is 2.00 bits per heavy atom. The summed E-state index contributed by atoms with van der Waals surface area (Å²) in [5.41, 5.74) is 2.54. The van der Waals surface area contributed by atoms with Gasteiger partial charge >= 0.3 is 5.97 Å². The molecule has 0 spiro atoms. The molecule has 0 aliphatic heterocycles. The molecular weight excluding hydrogens is 280 g/mol. The first-order valence-corrected chi connectivity index (χ1v) is 6.38. The number of anilines is 1. The van der Waals surface area contributed by atoms with Crippen LogP contribution in [0, 0.1) is 13.8 Å². The van der Waals surface area contributed by atoms with Gasteiger partial charge in [-0.1, -0.05) is 11.6 Å². The zero-order valence-corrected chi connectivity index (χ0v) is 12.4. The Kier molecular flexibility index (Phi) is 3.48. The van der Waals surface area contributed by atoms with E-state index in [1.54, 1.807) is 13.0 Å². The Labute approximate surface area is 121 Å². The van der Waals surface area contributed by atoms with E-state index < -0.39 is 5.97 Å². The number of carboxylic acids is 1. The second-order valence-corrected chi connectivity index (χ2v) is 5.27. The summed E-state index contributed by atoms with van der Waals surface area (Å²) in [6.07, 6.45) is 0.606. The molecule has 0 fully saturated rings. The van der Waals surface area contributed by atoms with E-state index in [0.29, 0.717) is 33.7 Å². The van der Waals surface area contributed by atoms with E-state index in [0.717, 1.165) is 5.56 Å². The molecule has 0 saturated heterocycles. The molecule has 1 aromatic heterocycles. The highest BCUT2D eigenvalue weighted by Crippen LogP contribution is 2.39. The lowest BCUT2D eigenvalue weighted by atomic mass is 10.0. The van der Waals surface area contributed by atoms with E-state index in [1.165, 1.54) is 4.57 Å². The average molecular weight is 295 g/mol. The lowest BCUT2D eigenvalue weighted by Crippen LogP contribution is -2.12. The molecule has 1 heterocycles. The number of hydrogen-bond acceptors (Lipinski definition) is 3. The van der Waals surface area contributed by atoms with E-state index in [1.807, 2.05) is 25.9 Å². The first-order valence-electron chi connectivity index (χ1n) is 6.00. The van der Waals surface area contributed by atoms with Crippen molar-refractivity contribution in [2.45, 2.75) is 13.8 Å². The number of carboxylic acid groups (broad SMARTS) is 1. The summed E-state index contributed by atoms with van der Waals surface area (Å²) in [6, 6.07) is 1.63.